The first kappa shape index (κ1) is 25.7. The molecule has 2 aromatic rings. The molecule has 1 unspecified atom stereocenters. The first-order valence-electron chi connectivity index (χ1n) is 10.7. The van der Waals surface area contributed by atoms with E-state index in [2.05, 4.69) is 15.6 Å². The summed E-state index contributed by atoms with van der Waals surface area (Å²) in [6.07, 6.45) is -2.81. The van der Waals surface area contributed by atoms with Crippen molar-refractivity contribution in [2.45, 2.75) is 31.5 Å². The number of carbonyl (C=O) groups excluding carboxylic acids is 3. The first-order valence-corrected chi connectivity index (χ1v) is 10.7. The molecular formula is C23H23F4N5O3. The van der Waals surface area contributed by atoms with Crippen LogP contribution in [-0.2, 0) is 4.79 Å². The number of urea groups is 1. The molecule has 35 heavy (non-hydrogen) atoms. The Kier molecular flexibility index (Phi) is 8.05. The topological polar surface area (TPSA) is 117 Å². The number of likely N-dealkylation sites (tertiary alicyclic amines) is 1. The lowest BCUT2D eigenvalue weighted by Crippen LogP contribution is -2.50. The van der Waals surface area contributed by atoms with Crippen LogP contribution in [0.5, 0.6) is 0 Å². The van der Waals surface area contributed by atoms with Crippen molar-refractivity contribution < 1.29 is 31.9 Å². The number of carbonyl (C=O) groups is 3. The molecule has 0 aliphatic carbocycles. The molecule has 8 nitrogen and oxygen atoms in total. The highest BCUT2D eigenvalue weighted by atomic mass is 19.4. The number of hydrogen-bond acceptors (Lipinski definition) is 3. The Morgan fingerprint density at radius 1 is 1.06 bits per heavy atom. The molecule has 0 radical (unpaired) electrons. The summed E-state index contributed by atoms with van der Waals surface area (Å²) in [6.45, 7) is 0.644. The summed E-state index contributed by atoms with van der Waals surface area (Å²) < 4.78 is 50.4. The zero-order valence-electron chi connectivity index (χ0n) is 18.4. The molecule has 1 heterocycles. The van der Waals surface area contributed by atoms with Crippen LogP contribution in [0.15, 0.2) is 53.5 Å². The van der Waals surface area contributed by atoms with Crippen molar-refractivity contribution in [1.82, 2.24) is 10.2 Å². The van der Waals surface area contributed by atoms with Crippen molar-refractivity contribution >= 4 is 29.4 Å². The van der Waals surface area contributed by atoms with Gasteiger partial charge < -0.3 is 21.3 Å². The number of amides is 4. The number of aliphatic imine (C=N–C) groups is 1. The van der Waals surface area contributed by atoms with Gasteiger partial charge in [-0.15, -0.1) is 0 Å². The number of amidine groups is 1. The summed E-state index contributed by atoms with van der Waals surface area (Å²) in [6, 6.07) is 10.1. The number of hydrogen-bond donors (Lipinski definition) is 3. The van der Waals surface area contributed by atoms with Gasteiger partial charge in [-0.25, -0.2) is 9.18 Å². The minimum atomic E-state index is -5.12. The molecule has 3 rings (SSSR count). The van der Waals surface area contributed by atoms with Gasteiger partial charge in [0.05, 0.1) is 6.04 Å². The second-order valence-electron chi connectivity index (χ2n) is 7.87. The highest BCUT2D eigenvalue weighted by molar-refractivity contribution is 6.05. The fraction of sp³-hybridized carbons (Fsp3) is 0.304. The number of nitrogens with one attached hydrogen (secondary N) is 2. The lowest BCUT2D eigenvalue weighted by atomic mass is 10.0. The molecule has 1 aliphatic heterocycles. The summed E-state index contributed by atoms with van der Waals surface area (Å²) in [5.74, 6) is -3.89. The molecule has 0 saturated carbocycles. The minimum absolute atomic E-state index is 0.0801. The molecule has 1 fully saturated rings. The fourth-order valence-electron chi connectivity index (χ4n) is 3.58. The summed E-state index contributed by atoms with van der Waals surface area (Å²) in [5, 5.41) is 5.43. The Morgan fingerprint density at radius 2 is 1.77 bits per heavy atom. The number of alkyl halides is 3. The van der Waals surface area contributed by atoms with Crippen molar-refractivity contribution in [2.24, 2.45) is 10.7 Å². The second kappa shape index (κ2) is 11.0. The van der Waals surface area contributed by atoms with Gasteiger partial charge in [0.1, 0.15) is 11.7 Å². The smallest absolute Gasteiger partial charge is 0.383 e. The monoisotopic (exact) mass is 493 g/mol. The van der Waals surface area contributed by atoms with Crippen LogP contribution in [0, 0.1) is 5.82 Å². The van der Waals surface area contributed by atoms with Gasteiger partial charge in [0.15, 0.2) is 0 Å². The third-order valence-corrected chi connectivity index (χ3v) is 5.37. The minimum Gasteiger partial charge on any atom is -0.383 e. The Bertz CT molecular complexity index is 1120. The normalized spacial score (nSPS) is 16.5. The molecular weight excluding hydrogens is 470 g/mol. The van der Waals surface area contributed by atoms with Gasteiger partial charge in [0.2, 0.25) is 0 Å². The molecule has 0 bridgehead atoms. The summed E-state index contributed by atoms with van der Waals surface area (Å²) in [4.78, 5) is 40.5. The van der Waals surface area contributed by atoms with Gasteiger partial charge in [0, 0.05) is 29.9 Å². The number of piperidine rings is 1. The van der Waals surface area contributed by atoms with Gasteiger partial charge in [-0.05, 0) is 61.7 Å². The number of anilines is 1. The van der Waals surface area contributed by atoms with E-state index in [4.69, 9.17) is 5.73 Å². The van der Waals surface area contributed by atoms with Crippen molar-refractivity contribution in [2.75, 3.05) is 18.4 Å². The number of nitrogens with two attached hydrogens (primary N) is 1. The van der Waals surface area contributed by atoms with Crippen LogP contribution in [-0.4, -0.2) is 53.9 Å². The zero-order valence-corrected chi connectivity index (χ0v) is 18.4. The standard InChI is InChI=1S/C23H23F4N5O3/c24-16-5-3-4-15(12-16)20(33)29-13-18-6-1-2-11-32(18)22(35)30-17-9-7-14(8-10-17)19(28)31-21(34)23(25,26)27/h3-5,7-10,12,18H,1-2,6,11,13H2,(H,29,33)(H,30,35)(H2,28,31,34). The average molecular weight is 493 g/mol. The SMILES string of the molecule is NC(=NC(=O)C(F)(F)F)c1ccc(NC(=O)N2CCCCC2CNC(=O)c2cccc(F)c2)cc1. The molecule has 2 aromatic carbocycles. The Labute approximate surface area is 198 Å². The average Bonchev–Trinajstić information content (AvgIpc) is 2.82. The van der Waals surface area contributed by atoms with E-state index >= 15 is 0 Å². The van der Waals surface area contributed by atoms with Gasteiger partial charge in [-0.1, -0.05) is 6.07 Å². The Morgan fingerprint density at radius 3 is 2.43 bits per heavy atom. The number of rotatable bonds is 5. The molecule has 186 valence electrons. The van der Waals surface area contributed by atoms with Crippen LogP contribution in [0.2, 0.25) is 0 Å². The largest absolute Gasteiger partial charge is 0.473 e. The number of nitrogens with zero attached hydrogens (tertiary/aromatic N) is 2. The van der Waals surface area contributed by atoms with E-state index in [9.17, 15) is 31.9 Å². The lowest BCUT2D eigenvalue weighted by molar-refractivity contribution is -0.169. The van der Waals surface area contributed by atoms with E-state index in [0.29, 0.717) is 18.7 Å². The quantitative estimate of drug-likeness (QED) is 0.336. The highest BCUT2D eigenvalue weighted by Gasteiger charge is 2.38. The van der Waals surface area contributed by atoms with Crippen LogP contribution >= 0.6 is 0 Å². The maximum absolute atomic E-state index is 13.4. The predicted octanol–water partition coefficient (Wildman–Crippen LogP) is 3.44. The Hall–Kier alpha value is -3.96. The zero-order chi connectivity index (χ0) is 25.6. The number of halogens is 4. The third-order valence-electron chi connectivity index (χ3n) is 5.37. The van der Waals surface area contributed by atoms with Crippen molar-refractivity contribution in [3.63, 3.8) is 0 Å². The summed E-state index contributed by atoms with van der Waals surface area (Å²) in [5.41, 5.74) is 6.07. The van der Waals surface area contributed by atoms with Crippen LogP contribution in [0.1, 0.15) is 35.2 Å². The summed E-state index contributed by atoms with van der Waals surface area (Å²) in [7, 11) is 0. The number of benzene rings is 2. The van der Waals surface area contributed by atoms with Gasteiger partial charge in [0.25, 0.3) is 5.91 Å². The molecule has 0 spiro atoms. The molecule has 0 aromatic heterocycles. The molecule has 1 atom stereocenters. The van der Waals surface area contributed by atoms with Crippen LogP contribution in [0.25, 0.3) is 0 Å². The molecule has 1 aliphatic rings. The maximum Gasteiger partial charge on any atom is 0.473 e. The van der Waals surface area contributed by atoms with Crippen LogP contribution in [0.3, 0.4) is 0 Å². The van der Waals surface area contributed by atoms with E-state index in [1.54, 1.807) is 4.90 Å². The molecule has 4 amide bonds. The first-order chi connectivity index (χ1) is 16.5. The summed E-state index contributed by atoms with van der Waals surface area (Å²) >= 11 is 0. The van der Waals surface area contributed by atoms with Crippen molar-refractivity contribution in [3.8, 4) is 0 Å². The van der Waals surface area contributed by atoms with Gasteiger partial charge >= 0.3 is 18.1 Å². The van der Waals surface area contributed by atoms with Crippen molar-refractivity contribution in [1.29, 1.82) is 0 Å². The molecule has 12 heteroatoms. The Balaban J connectivity index is 1.60. The molecule has 4 N–H and O–H groups in total. The van der Waals surface area contributed by atoms with E-state index in [1.807, 2.05) is 0 Å². The van der Waals surface area contributed by atoms with E-state index in [1.165, 1.54) is 42.5 Å². The van der Waals surface area contributed by atoms with E-state index in [0.717, 1.165) is 18.9 Å². The van der Waals surface area contributed by atoms with E-state index < -0.39 is 35.7 Å². The van der Waals surface area contributed by atoms with Crippen LogP contribution < -0.4 is 16.4 Å². The fourth-order valence-corrected chi connectivity index (χ4v) is 3.58. The highest BCUT2D eigenvalue weighted by Crippen LogP contribution is 2.20. The van der Waals surface area contributed by atoms with E-state index in [-0.39, 0.29) is 23.7 Å². The van der Waals surface area contributed by atoms with Crippen molar-refractivity contribution in [3.05, 3.63) is 65.5 Å². The predicted molar refractivity (Wildman–Crippen MR) is 120 cm³/mol. The third kappa shape index (κ3) is 7.01. The second-order valence-corrected chi connectivity index (χ2v) is 7.87. The maximum atomic E-state index is 13.4. The lowest BCUT2D eigenvalue weighted by Gasteiger charge is -2.35. The van der Waals surface area contributed by atoms with Gasteiger partial charge in [-0.3, -0.25) is 9.59 Å². The van der Waals surface area contributed by atoms with Crippen LogP contribution in [0.4, 0.5) is 28.0 Å². The molecule has 1 saturated heterocycles. The van der Waals surface area contributed by atoms with Gasteiger partial charge in [-0.2, -0.15) is 18.2 Å².